The standard InChI is InChI=1S/C32H29N5OS/c1-21-12-17-29(34-20-21)36-22(2)19-27(23(36)3)31-30(28-11-7-8-18-33-28)35-32(39)37(31)24-13-15-26(16-14-24)38-25-9-5-4-6-10-25/h4-20,30-31H,1-3H3,(H,35,39). The molecule has 0 aliphatic carbocycles. The second kappa shape index (κ2) is 10.3. The van der Waals surface area contributed by atoms with E-state index >= 15 is 0 Å². The fourth-order valence-electron chi connectivity index (χ4n) is 5.28. The van der Waals surface area contributed by atoms with Gasteiger partial charge in [0.1, 0.15) is 17.3 Å². The van der Waals surface area contributed by atoms with Gasteiger partial charge in [-0.25, -0.2) is 4.98 Å². The van der Waals surface area contributed by atoms with E-state index in [1.165, 1.54) is 5.56 Å². The number of thiocarbonyl (C=S) groups is 1. The predicted octanol–water partition coefficient (Wildman–Crippen LogP) is 7.16. The number of aromatic nitrogens is 3. The first-order valence-electron chi connectivity index (χ1n) is 12.9. The van der Waals surface area contributed by atoms with Gasteiger partial charge < -0.3 is 19.5 Å². The molecule has 0 radical (unpaired) electrons. The Bertz CT molecular complexity index is 1600. The Morgan fingerprint density at radius 1 is 0.821 bits per heavy atom. The second-order valence-electron chi connectivity index (χ2n) is 9.76. The van der Waals surface area contributed by atoms with Crippen LogP contribution >= 0.6 is 12.2 Å². The second-order valence-corrected chi connectivity index (χ2v) is 10.1. The molecule has 6 nitrogen and oxygen atoms in total. The van der Waals surface area contributed by atoms with Crippen LogP contribution in [0.1, 0.15) is 40.3 Å². The van der Waals surface area contributed by atoms with E-state index in [2.05, 4.69) is 59.0 Å². The molecule has 39 heavy (non-hydrogen) atoms. The molecule has 6 rings (SSSR count). The number of rotatable bonds is 6. The van der Waals surface area contributed by atoms with Crippen molar-refractivity contribution in [1.29, 1.82) is 0 Å². The van der Waals surface area contributed by atoms with Crippen molar-refractivity contribution in [3.8, 4) is 17.3 Å². The van der Waals surface area contributed by atoms with Gasteiger partial charge in [-0.2, -0.15) is 0 Å². The van der Waals surface area contributed by atoms with Crippen LogP contribution < -0.4 is 15.0 Å². The van der Waals surface area contributed by atoms with Crippen molar-refractivity contribution >= 4 is 23.0 Å². The third kappa shape index (κ3) is 4.77. The predicted molar refractivity (Wildman–Crippen MR) is 159 cm³/mol. The minimum atomic E-state index is -0.126. The lowest BCUT2D eigenvalue weighted by atomic mass is 9.96. The fourth-order valence-corrected chi connectivity index (χ4v) is 5.63. The number of pyridine rings is 2. The van der Waals surface area contributed by atoms with E-state index < -0.39 is 0 Å². The van der Waals surface area contributed by atoms with Crippen molar-refractivity contribution in [1.82, 2.24) is 19.9 Å². The monoisotopic (exact) mass is 531 g/mol. The zero-order valence-electron chi connectivity index (χ0n) is 22.1. The Hall–Kier alpha value is -4.49. The average Bonchev–Trinajstić information content (AvgIpc) is 3.45. The van der Waals surface area contributed by atoms with Crippen LogP contribution in [0.15, 0.2) is 103 Å². The highest BCUT2D eigenvalue weighted by molar-refractivity contribution is 7.80. The summed E-state index contributed by atoms with van der Waals surface area (Å²) in [5.41, 5.74) is 6.46. The summed E-state index contributed by atoms with van der Waals surface area (Å²) in [5.74, 6) is 2.47. The van der Waals surface area contributed by atoms with Crippen LogP contribution in [-0.4, -0.2) is 19.6 Å². The molecule has 0 amide bonds. The molecule has 194 valence electrons. The molecule has 2 aromatic carbocycles. The van der Waals surface area contributed by atoms with Crippen LogP contribution in [0, 0.1) is 20.8 Å². The minimum Gasteiger partial charge on any atom is -0.457 e. The third-order valence-electron chi connectivity index (χ3n) is 7.11. The van der Waals surface area contributed by atoms with E-state index in [4.69, 9.17) is 26.9 Å². The van der Waals surface area contributed by atoms with E-state index in [1.54, 1.807) is 0 Å². The number of nitrogens with one attached hydrogen (secondary N) is 1. The zero-order chi connectivity index (χ0) is 26.9. The molecule has 2 atom stereocenters. The highest BCUT2D eigenvalue weighted by atomic mass is 32.1. The molecule has 1 N–H and O–H groups in total. The van der Waals surface area contributed by atoms with Gasteiger partial charge in [0, 0.05) is 29.5 Å². The molecular weight excluding hydrogens is 502 g/mol. The van der Waals surface area contributed by atoms with Crippen molar-refractivity contribution in [2.24, 2.45) is 0 Å². The highest BCUT2D eigenvalue weighted by Crippen LogP contribution is 2.44. The van der Waals surface area contributed by atoms with Crippen LogP contribution in [0.5, 0.6) is 11.5 Å². The summed E-state index contributed by atoms with van der Waals surface area (Å²) < 4.78 is 8.24. The Morgan fingerprint density at radius 2 is 1.56 bits per heavy atom. The molecule has 0 spiro atoms. The van der Waals surface area contributed by atoms with E-state index in [9.17, 15) is 0 Å². The van der Waals surface area contributed by atoms with Crippen LogP contribution in [0.25, 0.3) is 5.82 Å². The number of hydrogen-bond donors (Lipinski definition) is 1. The molecule has 4 heterocycles. The molecule has 3 aromatic heterocycles. The summed E-state index contributed by atoms with van der Waals surface area (Å²) in [7, 11) is 0. The normalized spacial score (nSPS) is 16.8. The number of hydrogen-bond acceptors (Lipinski definition) is 4. The van der Waals surface area contributed by atoms with E-state index in [1.807, 2.05) is 80.0 Å². The Kier molecular flexibility index (Phi) is 6.59. The highest BCUT2D eigenvalue weighted by Gasteiger charge is 2.42. The van der Waals surface area contributed by atoms with E-state index in [-0.39, 0.29) is 12.1 Å². The summed E-state index contributed by atoms with van der Waals surface area (Å²) in [5, 5.41) is 4.22. The molecule has 2 unspecified atom stereocenters. The quantitative estimate of drug-likeness (QED) is 0.235. The molecule has 1 saturated heterocycles. The van der Waals surface area contributed by atoms with Crippen molar-refractivity contribution in [2.75, 3.05) is 4.90 Å². The smallest absolute Gasteiger partial charge is 0.174 e. The van der Waals surface area contributed by atoms with Crippen LogP contribution in [0.4, 0.5) is 5.69 Å². The summed E-state index contributed by atoms with van der Waals surface area (Å²) in [6.07, 6.45) is 3.73. The number of aryl methyl sites for hydroxylation is 2. The maximum atomic E-state index is 6.03. The maximum absolute atomic E-state index is 6.03. The molecule has 5 aromatic rings. The lowest BCUT2D eigenvalue weighted by Gasteiger charge is -2.28. The van der Waals surface area contributed by atoms with Crippen molar-refractivity contribution in [2.45, 2.75) is 32.9 Å². The van der Waals surface area contributed by atoms with Gasteiger partial charge in [0.05, 0.1) is 17.8 Å². The van der Waals surface area contributed by atoms with Gasteiger partial charge in [-0.3, -0.25) is 4.98 Å². The number of ether oxygens (including phenoxy) is 1. The molecule has 1 fully saturated rings. The van der Waals surface area contributed by atoms with Gasteiger partial charge in [0.25, 0.3) is 0 Å². The first kappa shape index (κ1) is 24.8. The maximum Gasteiger partial charge on any atom is 0.174 e. The first-order chi connectivity index (χ1) is 19.0. The van der Waals surface area contributed by atoms with Gasteiger partial charge >= 0.3 is 0 Å². The van der Waals surface area contributed by atoms with Gasteiger partial charge in [0.2, 0.25) is 0 Å². The Labute approximate surface area is 233 Å². The summed E-state index contributed by atoms with van der Waals surface area (Å²) in [6, 6.07) is 30.0. The lowest BCUT2D eigenvalue weighted by Crippen LogP contribution is -2.29. The van der Waals surface area contributed by atoms with Crippen LogP contribution in [0.2, 0.25) is 0 Å². The zero-order valence-corrected chi connectivity index (χ0v) is 22.9. The number of anilines is 1. The lowest BCUT2D eigenvalue weighted by molar-refractivity contribution is 0.482. The number of nitrogens with zero attached hydrogens (tertiary/aromatic N) is 4. The third-order valence-corrected chi connectivity index (χ3v) is 7.42. The minimum absolute atomic E-state index is 0.112. The first-order valence-corrected chi connectivity index (χ1v) is 13.4. The van der Waals surface area contributed by atoms with Crippen molar-refractivity contribution in [3.05, 3.63) is 132 Å². The van der Waals surface area contributed by atoms with Gasteiger partial charge in [-0.1, -0.05) is 30.3 Å². The molecular formula is C32H29N5OS. The Balaban J connectivity index is 1.41. The van der Waals surface area contributed by atoms with Gasteiger partial charge in [-0.05, 0) is 105 Å². The number of benzene rings is 2. The van der Waals surface area contributed by atoms with Gasteiger partial charge in [0.15, 0.2) is 5.11 Å². The summed E-state index contributed by atoms with van der Waals surface area (Å²) >= 11 is 5.94. The number of para-hydroxylation sites is 1. The largest absolute Gasteiger partial charge is 0.457 e. The average molecular weight is 532 g/mol. The van der Waals surface area contributed by atoms with Crippen LogP contribution in [0.3, 0.4) is 0 Å². The molecule has 1 aliphatic heterocycles. The van der Waals surface area contributed by atoms with Gasteiger partial charge in [-0.15, -0.1) is 0 Å². The SMILES string of the molecule is Cc1ccc(-n2c(C)cc(C3C(c4ccccn4)NC(=S)N3c3ccc(Oc4ccccc4)cc3)c2C)nc1. The Morgan fingerprint density at radius 3 is 2.26 bits per heavy atom. The summed E-state index contributed by atoms with van der Waals surface area (Å²) in [6.45, 7) is 6.32. The molecule has 0 saturated carbocycles. The van der Waals surface area contributed by atoms with E-state index in [0.717, 1.165) is 45.6 Å². The molecule has 7 heteroatoms. The topological polar surface area (TPSA) is 55.2 Å². The van der Waals surface area contributed by atoms with E-state index in [0.29, 0.717) is 5.11 Å². The molecule has 1 aliphatic rings. The van der Waals surface area contributed by atoms with Crippen molar-refractivity contribution in [3.63, 3.8) is 0 Å². The molecule has 0 bridgehead atoms. The van der Waals surface area contributed by atoms with Crippen LogP contribution in [-0.2, 0) is 0 Å². The van der Waals surface area contributed by atoms with Crippen molar-refractivity contribution < 1.29 is 4.74 Å². The fraction of sp³-hybridized carbons (Fsp3) is 0.156. The summed E-state index contributed by atoms with van der Waals surface area (Å²) in [4.78, 5) is 11.6.